The van der Waals surface area contributed by atoms with Gasteiger partial charge in [-0.2, -0.15) is 0 Å². The fourth-order valence-electron chi connectivity index (χ4n) is 5.59. The maximum atomic E-state index is 13.3. The third-order valence-corrected chi connectivity index (χ3v) is 7.64. The highest BCUT2D eigenvalue weighted by atomic mass is 16.2. The number of fused-ring (bicyclic) bond motifs is 1. The van der Waals surface area contributed by atoms with Crippen LogP contribution in [0.25, 0.3) is 11.1 Å². The van der Waals surface area contributed by atoms with Crippen LogP contribution in [0.1, 0.15) is 24.3 Å². The molecule has 1 N–H and O–H groups in total. The summed E-state index contributed by atoms with van der Waals surface area (Å²) in [5.74, 6) is 0.195. The van der Waals surface area contributed by atoms with E-state index in [0.29, 0.717) is 24.7 Å². The summed E-state index contributed by atoms with van der Waals surface area (Å²) >= 11 is 0. The van der Waals surface area contributed by atoms with Crippen LogP contribution >= 0.6 is 0 Å². The molecule has 0 spiro atoms. The highest BCUT2D eigenvalue weighted by Gasteiger charge is 2.53. The monoisotopic (exact) mass is 480 g/mol. The molecule has 1 saturated carbocycles. The van der Waals surface area contributed by atoms with Gasteiger partial charge in [-0.15, -0.1) is 0 Å². The minimum atomic E-state index is -0.614. The van der Waals surface area contributed by atoms with Crippen molar-refractivity contribution in [3.8, 4) is 11.1 Å². The molecule has 3 aliphatic rings. The van der Waals surface area contributed by atoms with Crippen LogP contribution in [0.4, 0.5) is 15.3 Å². The number of piperazine rings is 1. The molecule has 2 heterocycles. The Bertz CT molecular complexity index is 1290. The van der Waals surface area contributed by atoms with Crippen molar-refractivity contribution in [2.75, 3.05) is 25.0 Å². The van der Waals surface area contributed by atoms with E-state index in [1.54, 1.807) is 9.80 Å². The van der Waals surface area contributed by atoms with Gasteiger partial charge in [0, 0.05) is 24.7 Å². The lowest BCUT2D eigenvalue weighted by Crippen LogP contribution is -2.55. The molecule has 1 atom stereocenters. The first-order valence-corrected chi connectivity index (χ1v) is 12.5. The van der Waals surface area contributed by atoms with Crippen molar-refractivity contribution in [3.63, 3.8) is 0 Å². The number of anilines is 1. The summed E-state index contributed by atoms with van der Waals surface area (Å²) in [7, 11) is 0. The van der Waals surface area contributed by atoms with E-state index in [-0.39, 0.29) is 30.6 Å². The van der Waals surface area contributed by atoms with Crippen LogP contribution in [0.15, 0.2) is 84.9 Å². The summed E-state index contributed by atoms with van der Waals surface area (Å²) in [6.45, 7) is 0.948. The molecule has 2 aliphatic heterocycles. The van der Waals surface area contributed by atoms with Crippen LogP contribution in [-0.4, -0.2) is 64.4 Å². The van der Waals surface area contributed by atoms with Gasteiger partial charge >= 0.3 is 12.1 Å². The second-order valence-electron chi connectivity index (χ2n) is 9.72. The molecule has 182 valence electrons. The topological polar surface area (TPSA) is 73.0 Å². The zero-order valence-electron chi connectivity index (χ0n) is 19.9. The summed E-state index contributed by atoms with van der Waals surface area (Å²) in [4.78, 5) is 44.3. The minimum Gasteiger partial charge on any atom is -0.320 e. The van der Waals surface area contributed by atoms with Crippen LogP contribution in [0.3, 0.4) is 0 Å². The lowest BCUT2D eigenvalue weighted by atomic mass is 9.75. The number of carbonyl (C=O) groups excluding carboxylic acids is 3. The maximum Gasteiger partial charge on any atom is 0.327 e. The molecular weight excluding hydrogens is 452 g/mol. The van der Waals surface area contributed by atoms with Crippen LogP contribution in [-0.2, 0) is 4.79 Å². The second kappa shape index (κ2) is 9.15. The highest BCUT2D eigenvalue weighted by Crippen LogP contribution is 2.42. The predicted octanol–water partition coefficient (Wildman–Crippen LogP) is 4.78. The fraction of sp³-hybridized carbons (Fsp3) is 0.276. The number of amides is 5. The van der Waals surface area contributed by atoms with Gasteiger partial charge in [0.05, 0.1) is 12.2 Å². The Kier molecular flexibility index (Phi) is 5.68. The zero-order valence-corrected chi connectivity index (χ0v) is 19.9. The van der Waals surface area contributed by atoms with Crippen molar-refractivity contribution in [2.24, 2.45) is 0 Å². The number of carbonyl (C=O) groups is 3. The molecule has 5 amide bonds. The van der Waals surface area contributed by atoms with E-state index in [1.165, 1.54) is 10.5 Å². The van der Waals surface area contributed by atoms with Crippen molar-refractivity contribution < 1.29 is 14.4 Å². The molecule has 7 nitrogen and oxygen atoms in total. The fourth-order valence-corrected chi connectivity index (χ4v) is 5.59. The Morgan fingerprint density at radius 3 is 2.22 bits per heavy atom. The molecule has 3 fully saturated rings. The number of imide groups is 1. The lowest BCUT2D eigenvalue weighted by molar-refractivity contribution is -0.131. The average molecular weight is 481 g/mol. The van der Waals surface area contributed by atoms with Crippen LogP contribution in [0.5, 0.6) is 0 Å². The van der Waals surface area contributed by atoms with Crippen molar-refractivity contribution in [2.45, 2.75) is 30.8 Å². The van der Waals surface area contributed by atoms with Gasteiger partial charge < -0.3 is 15.1 Å². The molecule has 6 rings (SSSR count). The van der Waals surface area contributed by atoms with E-state index in [1.807, 2.05) is 72.8 Å². The predicted molar refractivity (Wildman–Crippen MR) is 137 cm³/mol. The maximum absolute atomic E-state index is 13.3. The van der Waals surface area contributed by atoms with Gasteiger partial charge in [-0.05, 0) is 36.0 Å². The molecule has 2 saturated heterocycles. The molecule has 1 aliphatic carbocycles. The number of hydrogen-bond donors (Lipinski definition) is 1. The molecule has 0 aromatic heterocycles. The summed E-state index contributed by atoms with van der Waals surface area (Å²) in [5.41, 5.74) is 3.92. The van der Waals surface area contributed by atoms with E-state index >= 15 is 0 Å². The van der Waals surface area contributed by atoms with Gasteiger partial charge in [-0.3, -0.25) is 9.69 Å². The highest BCUT2D eigenvalue weighted by molar-refractivity contribution is 6.05. The quantitative estimate of drug-likeness (QED) is 0.546. The number of urea groups is 2. The zero-order chi connectivity index (χ0) is 24.6. The largest absolute Gasteiger partial charge is 0.327 e. The number of nitrogens with zero attached hydrogens (tertiary/aromatic N) is 3. The van der Waals surface area contributed by atoms with E-state index in [4.69, 9.17) is 0 Å². The Morgan fingerprint density at radius 2 is 1.47 bits per heavy atom. The molecule has 0 radical (unpaired) electrons. The smallest absolute Gasteiger partial charge is 0.320 e. The molecule has 36 heavy (non-hydrogen) atoms. The molecule has 0 bridgehead atoms. The normalized spacial score (nSPS) is 23.3. The van der Waals surface area contributed by atoms with Gasteiger partial charge in [0.25, 0.3) is 5.91 Å². The summed E-state index contributed by atoms with van der Waals surface area (Å²) in [6, 6.07) is 26.7. The third-order valence-electron chi connectivity index (χ3n) is 7.64. The van der Waals surface area contributed by atoms with Crippen molar-refractivity contribution >= 4 is 23.7 Å². The van der Waals surface area contributed by atoms with Crippen LogP contribution in [0, 0.1) is 0 Å². The Hall–Kier alpha value is -4.13. The van der Waals surface area contributed by atoms with Gasteiger partial charge in [-0.25, -0.2) is 9.59 Å². The SMILES string of the molecule is O=C(Nc1ccccc1-c1ccccc1)N1CCN2C(=O)N([C@H]3C[C@H](c4ccccc4)C3)C(=O)[C@@H]2C1. The van der Waals surface area contributed by atoms with Crippen LogP contribution < -0.4 is 5.32 Å². The van der Waals surface area contributed by atoms with E-state index in [0.717, 1.165) is 24.0 Å². The number of nitrogens with one attached hydrogen (secondary N) is 1. The van der Waals surface area contributed by atoms with Crippen LogP contribution in [0.2, 0.25) is 0 Å². The third kappa shape index (κ3) is 3.90. The molecule has 3 aromatic rings. The molecule has 3 aromatic carbocycles. The van der Waals surface area contributed by atoms with Gasteiger partial charge in [0.15, 0.2) is 0 Å². The Balaban J connectivity index is 1.12. The lowest BCUT2D eigenvalue weighted by Gasteiger charge is -2.40. The van der Waals surface area contributed by atoms with Gasteiger partial charge in [0.1, 0.15) is 6.04 Å². The summed E-state index contributed by atoms with van der Waals surface area (Å²) in [6.07, 6.45) is 1.59. The number of benzene rings is 3. The molecule has 7 heteroatoms. The first-order chi connectivity index (χ1) is 17.6. The molecule has 0 unspecified atom stereocenters. The van der Waals surface area contributed by atoms with E-state index in [2.05, 4.69) is 17.4 Å². The first kappa shape index (κ1) is 22.3. The summed E-state index contributed by atoms with van der Waals surface area (Å²) < 4.78 is 0. The minimum absolute atomic E-state index is 0.0687. The number of rotatable bonds is 4. The van der Waals surface area contributed by atoms with Gasteiger partial charge in [-0.1, -0.05) is 78.9 Å². The molecular formula is C29H28N4O3. The second-order valence-corrected chi connectivity index (χ2v) is 9.72. The standard InChI is InChI=1S/C29H28N4O3/c34-27-26-19-31(28(35)30-25-14-8-7-13-24(25)21-11-5-2-6-12-21)15-16-32(26)29(36)33(27)23-17-22(18-23)20-9-3-1-4-10-20/h1-14,22-23,26H,15-19H2,(H,30,35)/t22-,23-,26-/m0/s1. The number of hydrogen-bond acceptors (Lipinski definition) is 3. The Morgan fingerprint density at radius 1 is 0.806 bits per heavy atom. The Labute approximate surface area is 210 Å². The average Bonchev–Trinajstić information content (AvgIpc) is 3.14. The van der Waals surface area contributed by atoms with E-state index in [9.17, 15) is 14.4 Å². The summed E-state index contributed by atoms with van der Waals surface area (Å²) in [5, 5.41) is 3.02. The van der Waals surface area contributed by atoms with Gasteiger partial charge in [0.2, 0.25) is 0 Å². The van der Waals surface area contributed by atoms with E-state index < -0.39 is 6.04 Å². The van der Waals surface area contributed by atoms with Crippen molar-refractivity contribution in [1.82, 2.24) is 14.7 Å². The van der Waals surface area contributed by atoms with Crippen molar-refractivity contribution in [3.05, 3.63) is 90.5 Å². The first-order valence-electron chi connectivity index (χ1n) is 12.5. The van der Waals surface area contributed by atoms with Crippen molar-refractivity contribution in [1.29, 1.82) is 0 Å². The number of para-hydroxylation sites is 1.